The van der Waals surface area contributed by atoms with Crippen LogP contribution >= 0.6 is 11.8 Å². The minimum absolute atomic E-state index is 0.121. The molecule has 2 atom stereocenters. The number of hydrogen-bond acceptors (Lipinski definition) is 6. The van der Waals surface area contributed by atoms with E-state index in [1.807, 2.05) is 0 Å². The largest absolute Gasteiger partial charge is 0.477 e. The fourth-order valence-electron chi connectivity index (χ4n) is 1.91. The molecule has 1 fully saturated rings. The number of thioether (sulfide) groups is 1. The van der Waals surface area contributed by atoms with Crippen LogP contribution in [0.2, 0.25) is 0 Å². The molecule has 98 valence electrons. The van der Waals surface area contributed by atoms with Gasteiger partial charge in [-0.15, -0.1) is 11.8 Å². The fraction of sp³-hybridized carbons (Fsp3) is 0.500. The van der Waals surface area contributed by atoms with Crippen molar-refractivity contribution in [2.24, 2.45) is 5.73 Å². The molecule has 0 unspecified atom stereocenters. The maximum absolute atomic E-state index is 11.6. The van der Waals surface area contributed by atoms with Gasteiger partial charge in [-0.25, -0.2) is 4.79 Å². The molecule has 0 aromatic rings. The van der Waals surface area contributed by atoms with E-state index < -0.39 is 23.9 Å². The lowest BCUT2D eigenvalue weighted by molar-refractivity contribution is -0.150. The quantitative estimate of drug-likeness (QED) is 0.507. The second-order valence-corrected chi connectivity index (χ2v) is 5.08. The number of esters is 1. The Labute approximate surface area is 107 Å². The summed E-state index contributed by atoms with van der Waals surface area (Å²) in [6.45, 7) is 1.11. The Morgan fingerprint density at radius 1 is 1.61 bits per heavy atom. The van der Waals surface area contributed by atoms with Gasteiger partial charge in [-0.3, -0.25) is 14.5 Å². The third kappa shape index (κ3) is 1.97. The van der Waals surface area contributed by atoms with E-state index in [1.165, 1.54) is 23.6 Å². The first-order chi connectivity index (χ1) is 8.43. The number of carboxylic acids is 1. The Kier molecular flexibility index (Phi) is 3.31. The Bertz CT molecular complexity index is 461. The van der Waals surface area contributed by atoms with Crippen LogP contribution < -0.4 is 5.73 Å². The highest BCUT2D eigenvalue weighted by atomic mass is 32.2. The van der Waals surface area contributed by atoms with Gasteiger partial charge in [0.05, 0.1) is 10.9 Å². The average molecular weight is 272 g/mol. The van der Waals surface area contributed by atoms with Crippen LogP contribution in [0, 0.1) is 0 Å². The minimum atomic E-state index is -1.21. The second-order valence-electron chi connectivity index (χ2n) is 3.97. The molecule has 2 rings (SSSR count). The van der Waals surface area contributed by atoms with E-state index in [0.717, 1.165) is 0 Å². The van der Waals surface area contributed by atoms with Crippen molar-refractivity contribution in [1.82, 2.24) is 4.90 Å². The fourth-order valence-corrected chi connectivity index (χ4v) is 3.10. The highest BCUT2D eigenvalue weighted by molar-refractivity contribution is 8.03. The van der Waals surface area contributed by atoms with E-state index in [-0.39, 0.29) is 18.3 Å². The van der Waals surface area contributed by atoms with Gasteiger partial charge in [0.2, 0.25) is 5.91 Å². The van der Waals surface area contributed by atoms with E-state index in [4.69, 9.17) is 15.6 Å². The summed E-state index contributed by atoms with van der Waals surface area (Å²) in [4.78, 5) is 35.1. The van der Waals surface area contributed by atoms with Gasteiger partial charge in [0.1, 0.15) is 18.3 Å². The first-order valence-electron chi connectivity index (χ1n) is 5.24. The molecule has 7 nitrogen and oxygen atoms in total. The molecule has 0 aliphatic carbocycles. The molecule has 18 heavy (non-hydrogen) atoms. The number of β-lactam (4-membered cyclic amide) rings is 1. The molecule has 8 heteroatoms. The molecular weight excluding hydrogens is 260 g/mol. The zero-order valence-electron chi connectivity index (χ0n) is 9.58. The van der Waals surface area contributed by atoms with Crippen molar-refractivity contribution >= 4 is 29.6 Å². The topological polar surface area (TPSA) is 110 Å². The van der Waals surface area contributed by atoms with Gasteiger partial charge < -0.3 is 15.6 Å². The number of carboxylic acid groups (broad SMARTS) is 1. The first-order valence-corrected chi connectivity index (χ1v) is 6.23. The van der Waals surface area contributed by atoms with Gasteiger partial charge in [0, 0.05) is 12.7 Å². The molecule has 0 aromatic carbocycles. The lowest BCUT2D eigenvalue weighted by Crippen LogP contribution is -2.70. The predicted molar refractivity (Wildman–Crippen MR) is 62.4 cm³/mol. The maximum Gasteiger partial charge on any atom is 0.353 e. The molecule has 3 N–H and O–H groups in total. The van der Waals surface area contributed by atoms with Gasteiger partial charge in [-0.05, 0) is 0 Å². The molecule has 1 saturated heterocycles. The lowest BCUT2D eigenvalue weighted by atomic mass is 9.96. The smallest absolute Gasteiger partial charge is 0.353 e. The van der Waals surface area contributed by atoms with Crippen LogP contribution in [0.15, 0.2) is 10.6 Å². The Balaban J connectivity index is 2.26. The van der Waals surface area contributed by atoms with Crippen molar-refractivity contribution < 1.29 is 24.2 Å². The number of aliphatic carboxylic acids is 1. The summed E-state index contributed by atoms with van der Waals surface area (Å²) >= 11 is 1.26. The van der Waals surface area contributed by atoms with Crippen molar-refractivity contribution in [3.05, 3.63) is 10.6 Å². The Morgan fingerprint density at radius 2 is 2.28 bits per heavy atom. The van der Waals surface area contributed by atoms with Crippen molar-refractivity contribution in [3.63, 3.8) is 0 Å². The standard InChI is InChI=1S/C10H12N2O5S/c1-4(13)17-2-6-8(10(15)16)12-5(3-18-6)7(11)9(12)14/h5,7H,2-3,11H2,1H3,(H,15,16)/t5-,7+/m0/s1. The summed E-state index contributed by atoms with van der Waals surface area (Å²) in [7, 11) is 0. The highest BCUT2D eigenvalue weighted by Gasteiger charge is 2.51. The monoisotopic (exact) mass is 272 g/mol. The average Bonchev–Trinajstić information content (AvgIpc) is 2.33. The number of carbonyl (C=O) groups excluding carboxylic acids is 2. The van der Waals surface area contributed by atoms with Crippen LogP contribution in [-0.2, 0) is 19.1 Å². The van der Waals surface area contributed by atoms with Crippen molar-refractivity contribution in [2.45, 2.75) is 19.0 Å². The van der Waals surface area contributed by atoms with Crippen LogP contribution in [0.1, 0.15) is 6.92 Å². The third-order valence-corrected chi connectivity index (χ3v) is 3.98. The molecule has 0 aromatic heterocycles. The van der Waals surface area contributed by atoms with Crippen molar-refractivity contribution in [1.29, 1.82) is 0 Å². The summed E-state index contributed by atoms with van der Waals surface area (Å²) in [5.41, 5.74) is 5.48. The summed E-state index contributed by atoms with van der Waals surface area (Å²) in [5.74, 6) is -1.60. The lowest BCUT2D eigenvalue weighted by Gasteiger charge is -2.48. The van der Waals surface area contributed by atoms with Gasteiger partial charge in [-0.1, -0.05) is 0 Å². The van der Waals surface area contributed by atoms with E-state index in [9.17, 15) is 14.4 Å². The number of hydrogen-bond donors (Lipinski definition) is 2. The van der Waals surface area contributed by atoms with E-state index in [2.05, 4.69) is 0 Å². The van der Waals surface area contributed by atoms with Crippen LogP contribution in [0.3, 0.4) is 0 Å². The van der Waals surface area contributed by atoms with Crippen molar-refractivity contribution in [3.8, 4) is 0 Å². The summed E-state index contributed by atoms with van der Waals surface area (Å²) in [5, 5.41) is 9.15. The molecule has 1 amide bonds. The predicted octanol–water partition coefficient (Wildman–Crippen LogP) is -0.869. The molecule has 2 aliphatic rings. The molecule has 2 heterocycles. The van der Waals surface area contributed by atoms with Crippen LogP contribution in [0.5, 0.6) is 0 Å². The summed E-state index contributed by atoms with van der Waals surface area (Å²) in [6.07, 6.45) is 0. The maximum atomic E-state index is 11.6. The Morgan fingerprint density at radius 3 is 2.83 bits per heavy atom. The van der Waals surface area contributed by atoms with Gasteiger partial charge in [-0.2, -0.15) is 0 Å². The van der Waals surface area contributed by atoms with Gasteiger partial charge in [0.25, 0.3) is 0 Å². The first kappa shape index (κ1) is 12.9. The SMILES string of the molecule is CC(=O)OCC1=C(C(=O)O)N2C(=O)[C@H](N)[C@@H]2CS1. The molecule has 0 bridgehead atoms. The minimum Gasteiger partial charge on any atom is -0.477 e. The van der Waals surface area contributed by atoms with Crippen LogP contribution in [0.25, 0.3) is 0 Å². The summed E-state index contributed by atoms with van der Waals surface area (Å²) < 4.78 is 4.78. The summed E-state index contributed by atoms with van der Waals surface area (Å²) in [6, 6.07) is -0.920. The third-order valence-electron chi connectivity index (χ3n) is 2.81. The zero-order chi connectivity index (χ0) is 13.4. The van der Waals surface area contributed by atoms with Crippen molar-refractivity contribution in [2.75, 3.05) is 12.4 Å². The number of amides is 1. The van der Waals surface area contributed by atoms with E-state index in [1.54, 1.807) is 0 Å². The highest BCUT2D eigenvalue weighted by Crippen LogP contribution is 2.38. The molecule has 0 spiro atoms. The van der Waals surface area contributed by atoms with Gasteiger partial charge >= 0.3 is 11.9 Å². The number of fused-ring (bicyclic) bond motifs is 1. The van der Waals surface area contributed by atoms with E-state index >= 15 is 0 Å². The van der Waals surface area contributed by atoms with Crippen LogP contribution in [-0.4, -0.2) is 52.3 Å². The molecular formula is C10H12N2O5S. The number of rotatable bonds is 3. The van der Waals surface area contributed by atoms with Gasteiger partial charge in [0.15, 0.2) is 0 Å². The number of ether oxygens (including phenoxy) is 1. The number of nitrogens with zero attached hydrogens (tertiary/aromatic N) is 1. The number of carbonyl (C=O) groups is 3. The molecule has 0 radical (unpaired) electrons. The zero-order valence-corrected chi connectivity index (χ0v) is 10.4. The number of nitrogens with two attached hydrogens (primary N) is 1. The van der Waals surface area contributed by atoms with Crippen LogP contribution in [0.4, 0.5) is 0 Å². The molecule has 0 saturated carbocycles. The second kappa shape index (κ2) is 4.62. The normalized spacial score (nSPS) is 26.6. The van der Waals surface area contributed by atoms with E-state index in [0.29, 0.717) is 10.7 Å². The molecule has 2 aliphatic heterocycles. The Hall–Kier alpha value is -1.54.